The van der Waals surface area contributed by atoms with Crippen molar-refractivity contribution in [3.8, 4) is 0 Å². The predicted octanol–water partition coefficient (Wildman–Crippen LogP) is 3.96. The minimum absolute atomic E-state index is 0.0113. The van der Waals surface area contributed by atoms with Gasteiger partial charge in [-0.1, -0.05) is 0 Å². The summed E-state index contributed by atoms with van der Waals surface area (Å²) in [6.07, 6.45) is 1.29. The molecule has 0 bridgehead atoms. The van der Waals surface area contributed by atoms with Crippen LogP contribution in [0.2, 0.25) is 0 Å². The Hall–Kier alpha value is -3.62. The van der Waals surface area contributed by atoms with Crippen molar-refractivity contribution >= 4 is 28.9 Å². The number of amides is 1. The summed E-state index contributed by atoms with van der Waals surface area (Å²) < 4.78 is 40.1. The van der Waals surface area contributed by atoms with Gasteiger partial charge in [0.15, 0.2) is 17.5 Å². The van der Waals surface area contributed by atoms with Gasteiger partial charge in [0.1, 0.15) is 5.69 Å². The summed E-state index contributed by atoms with van der Waals surface area (Å²) >= 11 is 0. The second kappa shape index (κ2) is 7.95. The third kappa shape index (κ3) is 4.20. The molecule has 0 saturated carbocycles. The Morgan fingerprint density at radius 1 is 0.964 bits per heavy atom. The second-order valence-corrected chi connectivity index (χ2v) is 6.01. The zero-order chi connectivity index (χ0) is 20.3. The minimum atomic E-state index is -1.61. The highest BCUT2D eigenvalue weighted by molar-refractivity contribution is 6.03. The van der Waals surface area contributed by atoms with E-state index in [0.717, 1.165) is 17.8 Å². The van der Waals surface area contributed by atoms with Crippen LogP contribution in [0.5, 0.6) is 0 Å². The number of anilines is 4. The summed E-state index contributed by atoms with van der Waals surface area (Å²) in [7, 11) is 3.80. The molecule has 0 saturated heterocycles. The van der Waals surface area contributed by atoms with Crippen molar-refractivity contribution in [1.29, 1.82) is 0 Å². The normalized spacial score (nSPS) is 10.5. The summed E-state index contributed by atoms with van der Waals surface area (Å²) in [5, 5.41) is 5.11. The molecule has 0 fully saturated rings. The molecule has 1 amide bonds. The van der Waals surface area contributed by atoms with Gasteiger partial charge in [0.05, 0.1) is 5.69 Å². The number of nitrogens with one attached hydrogen (secondary N) is 2. The van der Waals surface area contributed by atoms with Crippen LogP contribution in [-0.4, -0.2) is 30.0 Å². The van der Waals surface area contributed by atoms with Crippen molar-refractivity contribution in [3.05, 3.63) is 71.8 Å². The van der Waals surface area contributed by atoms with E-state index in [1.165, 1.54) is 12.3 Å². The van der Waals surface area contributed by atoms with E-state index in [1.54, 1.807) is 12.1 Å². The lowest BCUT2D eigenvalue weighted by Gasteiger charge is -2.13. The maximum Gasteiger partial charge on any atom is 0.274 e. The topological polar surface area (TPSA) is 70.2 Å². The summed E-state index contributed by atoms with van der Waals surface area (Å²) in [5.41, 5.74) is 1.20. The van der Waals surface area contributed by atoms with Crippen LogP contribution in [0, 0.1) is 17.5 Å². The average molecular weight is 387 g/mol. The Bertz CT molecular complexity index is 1010. The number of hydrogen-bond acceptors (Lipinski definition) is 5. The molecular weight excluding hydrogens is 371 g/mol. The largest absolute Gasteiger partial charge is 0.378 e. The molecule has 2 N–H and O–H groups in total. The lowest BCUT2D eigenvalue weighted by Crippen LogP contribution is -2.15. The van der Waals surface area contributed by atoms with E-state index in [4.69, 9.17) is 0 Å². The minimum Gasteiger partial charge on any atom is -0.378 e. The van der Waals surface area contributed by atoms with Crippen LogP contribution in [0.25, 0.3) is 0 Å². The van der Waals surface area contributed by atoms with E-state index >= 15 is 0 Å². The number of benzene rings is 2. The van der Waals surface area contributed by atoms with Gasteiger partial charge in [0.25, 0.3) is 5.91 Å². The first kappa shape index (κ1) is 19.2. The number of halogens is 3. The molecule has 9 heteroatoms. The molecular formula is C19H16F3N5O. The molecule has 144 valence electrons. The molecule has 0 aliphatic heterocycles. The Kier molecular flexibility index (Phi) is 5.44. The van der Waals surface area contributed by atoms with E-state index in [-0.39, 0.29) is 17.3 Å². The van der Waals surface area contributed by atoms with E-state index in [2.05, 4.69) is 20.6 Å². The standard InChI is InChI=1S/C19H16F3N5O/c1-27(2)12-5-3-11(4-6-12)24-18(28)15-9-10-23-19(26-15)25-14-8-7-13(20)16(21)17(14)22/h3-10H,1-2H3,(H,24,28)(H,23,25,26). The summed E-state index contributed by atoms with van der Waals surface area (Å²) in [4.78, 5) is 22.1. The zero-order valence-electron chi connectivity index (χ0n) is 15.0. The number of aromatic nitrogens is 2. The van der Waals surface area contributed by atoms with E-state index in [9.17, 15) is 18.0 Å². The fraction of sp³-hybridized carbons (Fsp3) is 0.105. The summed E-state index contributed by atoms with van der Waals surface area (Å²) in [5.74, 6) is -4.97. The zero-order valence-corrected chi connectivity index (χ0v) is 15.0. The summed E-state index contributed by atoms with van der Waals surface area (Å²) in [6, 6.07) is 10.3. The lowest BCUT2D eigenvalue weighted by molar-refractivity contribution is 0.102. The highest BCUT2D eigenvalue weighted by atomic mass is 19.2. The molecule has 3 rings (SSSR count). The van der Waals surface area contributed by atoms with Crippen LogP contribution in [0.1, 0.15) is 10.5 Å². The highest BCUT2D eigenvalue weighted by Crippen LogP contribution is 2.22. The van der Waals surface area contributed by atoms with Gasteiger partial charge in [0, 0.05) is 31.7 Å². The highest BCUT2D eigenvalue weighted by Gasteiger charge is 2.15. The molecule has 6 nitrogen and oxygen atoms in total. The van der Waals surface area contributed by atoms with Crippen LogP contribution in [0.15, 0.2) is 48.7 Å². The Morgan fingerprint density at radius 3 is 2.36 bits per heavy atom. The smallest absolute Gasteiger partial charge is 0.274 e. The van der Waals surface area contributed by atoms with Gasteiger partial charge in [-0.2, -0.15) is 0 Å². The number of nitrogens with zero attached hydrogens (tertiary/aromatic N) is 3. The molecule has 1 aromatic heterocycles. The second-order valence-electron chi connectivity index (χ2n) is 6.01. The first-order chi connectivity index (χ1) is 13.3. The molecule has 0 aliphatic rings. The Morgan fingerprint density at radius 2 is 1.68 bits per heavy atom. The SMILES string of the molecule is CN(C)c1ccc(NC(=O)c2ccnc(Nc3ccc(F)c(F)c3F)n2)cc1. The molecule has 0 aliphatic carbocycles. The van der Waals surface area contributed by atoms with Gasteiger partial charge < -0.3 is 15.5 Å². The van der Waals surface area contributed by atoms with Gasteiger partial charge in [-0.05, 0) is 42.5 Å². The van der Waals surface area contributed by atoms with Crippen molar-refractivity contribution in [2.45, 2.75) is 0 Å². The van der Waals surface area contributed by atoms with Gasteiger partial charge in [-0.3, -0.25) is 4.79 Å². The Balaban J connectivity index is 1.75. The van der Waals surface area contributed by atoms with Crippen molar-refractivity contribution in [2.75, 3.05) is 29.6 Å². The third-order valence-corrected chi connectivity index (χ3v) is 3.81. The molecule has 28 heavy (non-hydrogen) atoms. The maximum absolute atomic E-state index is 13.8. The number of rotatable bonds is 5. The van der Waals surface area contributed by atoms with Crippen molar-refractivity contribution < 1.29 is 18.0 Å². The average Bonchev–Trinajstić information content (AvgIpc) is 2.69. The van der Waals surface area contributed by atoms with Crippen molar-refractivity contribution in [2.24, 2.45) is 0 Å². The van der Waals surface area contributed by atoms with Crippen LogP contribution in [-0.2, 0) is 0 Å². The third-order valence-electron chi connectivity index (χ3n) is 3.81. The first-order valence-electron chi connectivity index (χ1n) is 8.17. The van der Waals surface area contributed by atoms with Gasteiger partial charge in [-0.25, -0.2) is 23.1 Å². The molecule has 0 radical (unpaired) electrons. The number of carbonyl (C=O) groups is 1. The molecule has 1 heterocycles. The van der Waals surface area contributed by atoms with Gasteiger partial charge >= 0.3 is 0 Å². The van der Waals surface area contributed by atoms with Crippen molar-refractivity contribution in [3.63, 3.8) is 0 Å². The molecule has 0 spiro atoms. The van der Waals surface area contributed by atoms with E-state index in [1.807, 2.05) is 31.1 Å². The summed E-state index contributed by atoms with van der Waals surface area (Å²) in [6.45, 7) is 0. The van der Waals surface area contributed by atoms with Crippen molar-refractivity contribution in [1.82, 2.24) is 9.97 Å². The number of carbonyl (C=O) groups excluding carboxylic acids is 1. The fourth-order valence-corrected chi connectivity index (χ4v) is 2.33. The number of hydrogen-bond donors (Lipinski definition) is 2. The van der Waals surface area contributed by atoms with Crippen LogP contribution in [0.4, 0.5) is 36.2 Å². The van der Waals surface area contributed by atoms with Gasteiger partial charge in [-0.15, -0.1) is 0 Å². The molecule has 2 aromatic carbocycles. The monoisotopic (exact) mass is 387 g/mol. The quantitative estimate of drug-likeness (QED) is 0.649. The maximum atomic E-state index is 13.8. The molecule has 0 atom stereocenters. The van der Waals surface area contributed by atoms with Crippen LogP contribution >= 0.6 is 0 Å². The van der Waals surface area contributed by atoms with Gasteiger partial charge in [0.2, 0.25) is 5.95 Å². The molecule has 3 aromatic rings. The van der Waals surface area contributed by atoms with E-state index < -0.39 is 23.4 Å². The molecule has 0 unspecified atom stereocenters. The van der Waals surface area contributed by atoms with Crippen LogP contribution < -0.4 is 15.5 Å². The van der Waals surface area contributed by atoms with E-state index in [0.29, 0.717) is 5.69 Å². The van der Waals surface area contributed by atoms with Crippen LogP contribution in [0.3, 0.4) is 0 Å². The first-order valence-corrected chi connectivity index (χ1v) is 8.17. The lowest BCUT2D eigenvalue weighted by atomic mass is 10.2. The Labute approximate surface area is 159 Å². The predicted molar refractivity (Wildman–Crippen MR) is 100 cm³/mol. The fourth-order valence-electron chi connectivity index (χ4n) is 2.33.